The molecular weight excluding hydrogens is 374 g/mol. The molecule has 0 N–H and O–H groups in total. The third-order valence-corrected chi connectivity index (χ3v) is 6.65. The van der Waals surface area contributed by atoms with Crippen LogP contribution in [0, 0.1) is 0 Å². The Labute approximate surface area is 158 Å². The maximum Gasteiger partial charge on any atom is 0.338 e. The molecule has 0 bridgehead atoms. The summed E-state index contributed by atoms with van der Waals surface area (Å²) >= 11 is 0. The number of ether oxygens (including phenoxy) is 3. The molecule has 1 aromatic carbocycles. The number of benzene rings is 1. The number of carbonyl (C=O) groups is 2. The fraction of sp³-hybridized carbons (Fsp3) is 0.556. The molecule has 0 radical (unpaired) electrons. The SMILES string of the molecule is COc1ccc(C(=O)O[C@H]2CCCCC2=O)cc1S(=O)(=O)N1CCOCC1. The van der Waals surface area contributed by atoms with E-state index in [4.69, 9.17) is 14.2 Å². The van der Waals surface area contributed by atoms with Crippen molar-refractivity contribution in [3.63, 3.8) is 0 Å². The number of morpholine rings is 1. The lowest BCUT2D eigenvalue weighted by molar-refractivity contribution is -0.129. The third-order valence-electron chi connectivity index (χ3n) is 4.74. The second-order valence-electron chi connectivity index (χ2n) is 6.49. The minimum Gasteiger partial charge on any atom is -0.495 e. The van der Waals surface area contributed by atoms with Crippen LogP contribution in [0.25, 0.3) is 0 Å². The van der Waals surface area contributed by atoms with E-state index in [1.165, 1.54) is 29.6 Å². The summed E-state index contributed by atoms with van der Waals surface area (Å²) in [7, 11) is -2.48. The lowest BCUT2D eigenvalue weighted by atomic mass is 9.96. The standard InChI is InChI=1S/C18H23NO7S/c1-24-16-7-6-13(18(21)26-15-5-3-2-4-14(15)20)12-17(16)27(22,23)19-8-10-25-11-9-19/h6-7,12,15H,2-5,8-11H2,1H3/t15-/m0/s1. The van der Waals surface area contributed by atoms with Crippen molar-refractivity contribution in [3.05, 3.63) is 23.8 Å². The van der Waals surface area contributed by atoms with Gasteiger partial charge in [-0.3, -0.25) is 4.79 Å². The minimum atomic E-state index is -3.85. The first-order valence-electron chi connectivity index (χ1n) is 8.93. The van der Waals surface area contributed by atoms with E-state index in [-0.39, 0.29) is 35.1 Å². The fourth-order valence-corrected chi connectivity index (χ4v) is 4.79. The maximum absolute atomic E-state index is 13.0. The van der Waals surface area contributed by atoms with Crippen LogP contribution in [0.5, 0.6) is 5.75 Å². The van der Waals surface area contributed by atoms with Crippen LogP contribution in [-0.4, -0.2) is 64.0 Å². The zero-order valence-electron chi connectivity index (χ0n) is 15.2. The zero-order chi connectivity index (χ0) is 19.4. The highest BCUT2D eigenvalue weighted by Gasteiger charge is 2.31. The summed E-state index contributed by atoms with van der Waals surface area (Å²) in [4.78, 5) is 24.3. The van der Waals surface area contributed by atoms with Gasteiger partial charge in [0.1, 0.15) is 10.6 Å². The van der Waals surface area contributed by atoms with Crippen molar-refractivity contribution < 1.29 is 32.2 Å². The summed E-state index contributed by atoms with van der Waals surface area (Å²) in [5, 5.41) is 0. The highest BCUT2D eigenvalue weighted by Crippen LogP contribution is 2.29. The van der Waals surface area contributed by atoms with Gasteiger partial charge in [-0.2, -0.15) is 4.31 Å². The molecule has 1 heterocycles. The van der Waals surface area contributed by atoms with Gasteiger partial charge in [0, 0.05) is 19.5 Å². The number of Topliss-reactive ketones (excluding diaryl/α,β-unsaturated/α-hetero) is 1. The number of carbonyl (C=O) groups excluding carboxylic acids is 2. The van der Waals surface area contributed by atoms with Crippen LogP contribution >= 0.6 is 0 Å². The van der Waals surface area contributed by atoms with Gasteiger partial charge < -0.3 is 14.2 Å². The number of hydrogen-bond donors (Lipinski definition) is 0. The molecule has 1 aliphatic heterocycles. The Morgan fingerprint density at radius 1 is 1.22 bits per heavy atom. The molecule has 1 aromatic rings. The van der Waals surface area contributed by atoms with Gasteiger partial charge in [0.15, 0.2) is 11.9 Å². The Bertz CT molecular complexity index is 815. The Hall–Kier alpha value is -1.97. The van der Waals surface area contributed by atoms with Crippen LogP contribution in [0.3, 0.4) is 0 Å². The van der Waals surface area contributed by atoms with E-state index in [9.17, 15) is 18.0 Å². The number of nitrogens with zero attached hydrogens (tertiary/aromatic N) is 1. The average Bonchev–Trinajstić information content (AvgIpc) is 2.69. The quantitative estimate of drug-likeness (QED) is 0.692. The van der Waals surface area contributed by atoms with Crippen molar-refractivity contribution in [2.24, 2.45) is 0 Å². The Kier molecular flexibility index (Phi) is 6.13. The highest BCUT2D eigenvalue weighted by molar-refractivity contribution is 7.89. The van der Waals surface area contributed by atoms with Crippen molar-refractivity contribution in [2.45, 2.75) is 36.7 Å². The van der Waals surface area contributed by atoms with E-state index in [1.807, 2.05) is 0 Å². The van der Waals surface area contributed by atoms with E-state index >= 15 is 0 Å². The Morgan fingerprint density at radius 2 is 1.96 bits per heavy atom. The summed E-state index contributed by atoms with van der Waals surface area (Å²) in [5.74, 6) is -0.660. The summed E-state index contributed by atoms with van der Waals surface area (Å²) in [6.45, 7) is 1.09. The normalized spacial score (nSPS) is 21.7. The molecule has 0 aromatic heterocycles. The lowest BCUT2D eigenvalue weighted by Gasteiger charge is -2.27. The number of ketones is 1. The van der Waals surface area contributed by atoms with Crippen LogP contribution in [0.4, 0.5) is 0 Å². The van der Waals surface area contributed by atoms with E-state index in [0.717, 1.165) is 12.8 Å². The summed E-state index contributed by atoms with van der Waals surface area (Å²) in [6.07, 6.45) is 1.77. The molecule has 1 atom stereocenters. The predicted octanol–water partition coefficient (Wildman–Crippen LogP) is 1.38. The minimum absolute atomic E-state index is 0.0704. The van der Waals surface area contributed by atoms with Gasteiger partial charge in [-0.15, -0.1) is 0 Å². The number of rotatable bonds is 5. The molecule has 1 aliphatic carbocycles. The molecule has 0 unspecified atom stereocenters. The first-order valence-corrected chi connectivity index (χ1v) is 10.4. The maximum atomic E-state index is 13.0. The zero-order valence-corrected chi connectivity index (χ0v) is 16.0. The smallest absolute Gasteiger partial charge is 0.338 e. The van der Waals surface area contributed by atoms with Gasteiger partial charge in [-0.1, -0.05) is 0 Å². The van der Waals surface area contributed by atoms with Crippen molar-refractivity contribution in [1.29, 1.82) is 0 Å². The van der Waals surface area contributed by atoms with Crippen LogP contribution in [0.1, 0.15) is 36.0 Å². The summed E-state index contributed by atoms with van der Waals surface area (Å²) < 4.78 is 42.9. The Balaban J connectivity index is 1.86. The monoisotopic (exact) mass is 397 g/mol. The molecule has 2 aliphatic rings. The van der Waals surface area contributed by atoms with E-state index in [0.29, 0.717) is 26.1 Å². The largest absolute Gasteiger partial charge is 0.495 e. The molecule has 1 saturated carbocycles. The van der Waals surface area contributed by atoms with Crippen LogP contribution in [0.2, 0.25) is 0 Å². The van der Waals surface area contributed by atoms with Crippen LogP contribution < -0.4 is 4.74 Å². The third kappa shape index (κ3) is 4.31. The highest BCUT2D eigenvalue weighted by atomic mass is 32.2. The number of methoxy groups -OCH3 is 1. The van der Waals surface area contributed by atoms with Crippen molar-refractivity contribution in [1.82, 2.24) is 4.31 Å². The molecule has 9 heteroatoms. The topological polar surface area (TPSA) is 99.2 Å². The molecule has 1 saturated heterocycles. The van der Waals surface area contributed by atoms with Crippen molar-refractivity contribution in [3.8, 4) is 5.75 Å². The van der Waals surface area contributed by atoms with Gasteiger partial charge in [0.2, 0.25) is 10.0 Å². The molecule has 0 amide bonds. The van der Waals surface area contributed by atoms with Crippen molar-refractivity contribution in [2.75, 3.05) is 33.4 Å². The summed E-state index contributed by atoms with van der Waals surface area (Å²) in [6, 6.07) is 4.11. The second-order valence-corrected chi connectivity index (χ2v) is 8.39. The van der Waals surface area contributed by atoms with Gasteiger partial charge in [-0.25, -0.2) is 13.2 Å². The fourth-order valence-electron chi connectivity index (χ4n) is 3.20. The predicted molar refractivity (Wildman–Crippen MR) is 95.3 cm³/mol. The second kappa shape index (κ2) is 8.37. The van der Waals surface area contributed by atoms with Crippen molar-refractivity contribution >= 4 is 21.8 Å². The van der Waals surface area contributed by atoms with E-state index in [2.05, 4.69) is 0 Å². The van der Waals surface area contributed by atoms with E-state index in [1.54, 1.807) is 0 Å². The lowest BCUT2D eigenvalue weighted by Crippen LogP contribution is -2.40. The molecular formula is C18H23NO7S. The first-order chi connectivity index (χ1) is 12.9. The van der Waals surface area contributed by atoms with Crippen LogP contribution in [0.15, 0.2) is 23.1 Å². The number of sulfonamides is 1. The Morgan fingerprint density at radius 3 is 2.63 bits per heavy atom. The molecule has 148 valence electrons. The molecule has 3 rings (SSSR count). The van der Waals surface area contributed by atoms with Gasteiger partial charge in [-0.05, 0) is 37.5 Å². The molecule has 2 fully saturated rings. The molecule has 0 spiro atoms. The summed E-state index contributed by atoms with van der Waals surface area (Å²) in [5.41, 5.74) is 0.0704. The van der Waals surface area contributed by atoms with Gasteiger partial charge in [0.25, 0.3) is 0 Å². The molecule has 8 nitrogen and oxygen atoms in total. The first kappa shape index (κ1) is 19.8. The molecule has 27 heavy (non-hydrogen) atoms. The number of hydrogen-bond acceptors (Lipinski definition) is 7. The van der Waals surface area contributed by atoms with Gasteiger partial charge in [0.05, 0.1) is 25.9 Å². The van der Waals surface area contributed by atoms with Crippen LogP contribution in [-0.2, 0) is 24.3 Å². The average molecular weight is 397 g/mol. The van der Waals surface area contributed by atoms with Gasteiger partial charge >= 0.3 is 5.97 Å². The van der Waals surface area contributed by atoms with E-state index < -0.39 is 22.1 Å². The number of esters is 1.